The lowest BCUT2D eigenvalue weighted by Gasteiger charge is -2.53. The van der Waals surface area contributed by atoms with Gasteiger partial charge in [0, 0.05) is 13.3 Å². The summed E-state index contributed by atoms with van der Waals surface area (Å²) >= 11 is 0. The molecule has 0 spiro atoms. The molecule has 172 valence electrons. The van der Waals surface area contributed by atoms with Gasteiger partial charge in [0.1, 0.15) is 19.3 Å². The summed E-state index contributed by atoms with van der Waals surface area (Å²) < 4.78 is 9.88. The van der Waals surface area contributed by atoms with E-state index in [1.165, 1.54) is 32.6 Å². The smallest absolute Gasteiger partial charge is 0.306 e. The highest BCUT2D eigenvalue weighted by atomic mass is 16.6. The molecule has 5 atom stereocenters. The van der Waals surface area contributed by atoms with Crippen LogP contribution in [0.5, 0.6) is 0 Å². The molecule has 2 unspecified atom stereocenters. The van der Waals surface area contributed by atoms with Gasteiger partial charge in [-0.15, -0.1) is 0 Å². The van der Waals surface area contributed by atoms with Crippen molar-refractivity contribution in [2.24, 2.45) is 28.6 Å². The Labute approximate surface area is 182 Å². The number of aliphatic hydroxyl groups is 1. The van der Waals surface area contributed by atoms with E-state index in [1.807, 2.05) is 0 Å². The van der Waals surface area contributed by atoms with E-state index < -0.39 is 12.1 Å². The molecule has 5 heteroatoms. The third kappa shape index (κ3) is 6.32. The second kappa shape index (κ2) is 10.3. The number of aliphatic hydroxyl groups excluding tert-OH is 1. The number of fused-ring (bicyclic) bond motifs is 1. The van der Waals surface area contributed by atoms with Crippen LogP contribution in [0.15, 0.2) is 11.6 Å². The zero-order valence-electron chi connectivity index (χ0n) is 19.8. The Hall–Kier alpha value is -1.36. The molecule has 0 aromatic heterocycles. The largest absolute Gasteiger partial charge is 0.463 e. The van der Waals surface area contributed by atoms with E-state index in [0.29, 0.717) is 23.7 Å². The molecule has 2 aliphatic carbocycles. The predicted molar refractivity (Wildman–Crippen MR) is 118 cm³/mol. The van der Waals surface area contributed by atoms with Crippen molar-refractivity contribution in [1.29, 1.82) is 0 Å². The first kappa shape index (κ1) is 24.9. The van der Waals surface area contributed by atoms with Crippen molar-refractivity contribution in [3.05, 3.63) is 11.6 Å². The maximum Gasteiger partial charge on any atom is 0.306 e. The quantitative estimate of drug-likeness (QED) is 0.415. The summed E-state index contributed by atoms with van der Waals surface area (Å²) in [7, 11) is 0. The van der Waals surface area contributed by atoms with Crippen LogP contribution in [-0.4, -0.2) is 36.4 Å². The fourth-order valence-corrected chi connectivity index (χ4v) is 5.37. The predicted octanol–water partition coefficient (Wildman–Crippen LogP) is 5.06. The van der Waals surface area contributed by atoms with Crippen molar-refractivity contribution in [2.45, 2.75) is 92.6 Å². The van der Waals surface area contributed by atoms with E-state index in [2.05, 4.69) is 40.7 Å². The number of carbonyl (C=O) groups is 2. The van der Waals surface area contributed by atoms with E-state index in [4.69, 9.17) is 9.47 Å². The Kier molecular flexibility index (Phi) is 8.55. The molecular formula is C25H42O5. The molecular weight excluding hydrogens is 380 g/mol. The maximum atomic E-state index is 12.2. The van der Waals surface area contributed by atoms with Gasteiger partial charge < -0.3 is 14.6 Å². The van der Waals surface area contributed by atoms with E-state index in [1.54, 1.807) is 5.57 Å². The fourth-order valence-electron chi connectivity index (χ4n) is 5.37. The second-order valence-electron chi connectivity index (χ2n) is 10.6. The van der Waals surface area contributed by atoms with Gasteiger partial charge >= 0.3 is 11.9 Å². The molecule has 1 N–H and O–H groups in total. The Morgan fingerprint density at radius 2 is 1.87 bits per heavy atom. The van der Waals surface area contributed by atoms with Crippen molar-refractivity contribution in [3.8, 4) is 0 Å². The number of esters is 2. The highest BCUT2D eigenvalue weighted by Gasteiger charge is 2.47. The first-order valence-corrected chi connectivity index (χ1v) is 11.6. The first-order valence-electron chi connectivity index (χ1n) is 11.6. The van der Waals surface area contributed by atoms with Gasteiger partial charge in [0.05, 0.1) is 0 Å². The molecule has 1 saturated carbocycles. The minimum Gasteiger partial charge on any atom is -0.463 e. The zero-order valence-corrected chi connectivity index (χ0v) is 19.8. The lowest BCUT2D eigenvalue weighted by atomic mass is 9.52. The van der Waals surface area contributed by atoms with Gasteiger partial charge in [-0.3, -0.25) is 9.59 Å². The van der Waals surface area contributed by atoms with E-state index in [9.17, 15) is 14.7 Å². The van der Waals surface area contributed by atoms with Crippen molar-refractivity contribution >= 4 is 11.9 Å². The van der Waals surface area contributed by atoms with Crippen LogP contribution in [0.1, 0.15) is 86.5 Å². The number of carbonyl (C=O) groups excluding carboxylic acids is 2. The minimum absolute atomic E-state index is 0.142. The van der Waals surface area contributed by atoms with E-state index in [-0.39, 0.29) is 30.5 Å². The van der Waals surface area contributed by atoms with Gasteiger partial charge in [0.15, 0.2) is 0 Å². The van der Waals surface area contributed by atoms with Gasteiger partial charge in [-0.1, -0.05) is 46.3 Å². The molecule has 0 aliphatic heterocycles. The molecule has 0 aromatic carbocycles. The number of hydrogen-bond acceptors (Lipinski definition) is 5. The second-order valence-corrected chi connectivity index (χ2v) is 10.6. The summed E-state index contributed by atoms with van der Waals surface area (Å²) in [4.78, 5) is 22.9. The Morgan fingerprint density at radius 1 is 1.20 bits per heavy atom. The van der Waals surface area contributed by atoms with Crippen LogP contribution in [-0.2, 0) is 19.1 Å². The van der Waals surface area contributed by atoms with Gasteiger partial charge in [0.2, 0.25) is 0 Å². The van der Waals surface area contributed by atoms with Crippen LogP contribution in [0.2, 0.25) is 0 Å². The Bertz CT molecular complexity index is 637. The highest BCUT2D eigenvalue weighted by Crippen LogP contribution is 2.58. The average molecular weight is 423 g/mol. The lowest BCUT2D eigenvalue weighted by molar-refractivity contribution is -0.151. The van der Waals surface area contributed by atoms with Gasteiger partial charge in [-0.05, 0) is 67.1 Å². The molecule has 0 saturated heterocycles. The maximum absolute atomic E-state index is 12.2. The zero-order chi connectivity index (χ0) is 22.5. The number of hydrogen-bond donors (Lipinski definition) is 1. The van der Waals surface area contributed by atoms with Crippen molar-refractivity contribution in [1.82, 2.24) is 0 Å². The van der Waals surface area contributed by atoms with Crippen LogP contribution < -0.4 is 0 Å². The monoisotopic (exact) mass is 422 g/mol. The number of rotatable bonds is 9. The molecule has 5 nitrogen and oxygen atoms in total. The molecule has 0 heterocycles. The Balaban J connectivity index is 1.85. The van der Waals surface area contributed by atoms with Crippen molar-refractivity contribution < 1.29 is 24.2 Å². The van der Waals surface area contributed by atoms with Gasteiger partial charge in [-0.2, -0.15) is 0 Å². The number of ether oxygens (including phenoxy) is 2. The normalized spacial score (nSPS) is 29.9. The third-order valence-electron chi connectivity index (χ3n) is 7.69. The average Bonchev–Trinajstić information content (AvgIpc) is 2.66. The molecule has 1 fully saturated rings. The molecule has 30 heavy (non-hydrogen) atoms. The van der Waals surface area contributed by atoms with Crippen LogP contribution in [0.3, 0.4) is 0 Å². The minimum atomic E-state index is -0.978. The standard InChI is InChI=1S/C25H42O5/c1-17(14-23(28)30-16-20(27)15-29-19(3)26)11-13-25(6)18(2)9-10-21-22(25)8-7-12-24(21,4)5/h8,17-18,20-21,27H,7,9-16H2,1-6H3/t17?,18-,20+,21?,25-/m0/s1. The van der Waals surface area contributed by atoms with Crippen LogP contribution in [0, 0.1) is 28.6 Å². The highest BCUT2D eigenvalue weighted by molar-refractivity contribution is 5.69. The summed E-state index contributed by atoms with van der Waals surface area (Å²) in [6.45, 7) is 12.8. The van der Waals surface area contributed by atoms with E-state index in [0.717, 1.165) is 12.8 Å². The first-order chi connectivity index (χ1) is 14.0. The lowest BCUT2D eigenvalue weighted by Crippen LogP contribution is -2.43. The molecule has 0 amide bonds. The summed E-state index contributed by atoms with van der Waals surface area (Å²) in [5.41, 5.74) is 2.26. The SMILES string of the molecule is CC(=O)OC[C@@H](O)COC(=O)CC(C)CC[C@]1(C)C2=CCCC(C)(C)C2CC[C@@H]1C. The molecule has 2 rings (SSSR count). The van der Waals surface area contributed by atoms with Crippen molar-refractivity contribution in [2.75, 3.05) is 13.2 Å². The van der Waals surface area contributed by atoms with Gasteiger partial charge in [0.25, 0.3) is 0 Å². The van der Waals surface area contributed by atoms with Crippen LogP contribution in [0.25, 0.3) is 0 Å². The Morgan fingerprint density at radius 3 is 2.53 bits per heavy atom. The fraction of sp³-hybridized carbons (Fsp3) is 0.840. The summed E-state index contributed by atoms with van der Waals surface area (Å²) in [5.74, 6) is 0.806. The summed E-state index contributed by atoms with van der Waals surface area (Å²) in [5, 5.41) is 9.71. The topological polar surface area (TPSA) is 72.8 Å². The molecule has 0 bridgehead atoms. The van der Waals surface area contributed by atoms with E-state index >= 15 is 0 Å². The van der Waals surface area contributed by atoms with Crippen molar-refractivity contribution in [3.63, 3.8) is 0 Å². The van der Waals surface area contributed by atoms with Crippen LogP contribution in [0.4, 0.5) is 0 Å². The summed E-state index contributed by atoms with van der Waals surface area (Å²) in [6.07, 6.45) is 9.00. The molecule has 0 aromatic rings. The molecule has 2 aliphatic rings. The molecule has 0 radical (unpaired) electrons. The summed E-state index contributed by atoms with van der Waals surface area (Å²) in [6, 6.07) is 0. The number of allylic oxidation sites excluding steroid dienone is 2. The van der Waals surface area contributed by atoms with Gasteiger partial charge in [-0.25, -0.2) is 0 Å². The third-order valence-corrected chi connectivity index (χ3v) is 7.69. The van der Waals surface area contributed by atoms with Crippen LogP contribution >= 0.6 is 0 Å².